The van der Waals surface area contributed by atoms with E-state index in [1.54, 1.807) is 6.07 Å². The summed E-state index contributed by atoms with van der Waals surface area (Å²) in [6, 6.07) is 15.0. The zero-order chi connectivity index (χ0) is 14.5. The predicted molar refractivity (Wildman–Crippen MR) is 82.6 cm³/mol. The van der Waals surface area contributed by atoms with Crippen molar-refractivity contribution >= 4 is 11.6 Å². The van der Waals surface area contributed by atoms with Crippen molar-refractivity contribution in [1.82, 2.24) is 5.32 Å². The van der Waals surface area contributed by atoms with E-state index in [1.165, 1.54) is 6.07 Å². The molecular formula is C17H19ClFN. The van der Waals surface area contributed by atoms with Gasteiger partial charge >= 0.3 is 0 Å². The largest absolute Gasteiger partial charge is 0.307 e. The fourth-order valence-electron chi connectivity index (χ4n) is 2.40. The van der Waals surface area contributed by atoms with Gasteiger partial charge in [-0.05, 0) is 43.5 Å². The summed E-state index contributed by atoms with van der Waals surface area (Å²) in [7, 11) is 0. The minimum atomic E-state index is -0.147. The molecule has 0 aliphatic heterocycles. The van der Waals surface area contributed by atoms with E-state index in [9.17, 15) is 4.39 Å². The van der Waals surface area contributed by atoms with Gasteiger partial charge < -0.3 is 5.32 Å². The summed E-state index contributed by atoms with van der Waals surface area (Å²) < 4.78 is 13.6. The van der Waals surface area contributed by atoms with Gasteiger partial charge in [0.1, 0.15) is 5.82 Å². The molecule has 2 aromatic carbocycles. The highest BCUT2D eigenvalue weighted by Gasteiger charge is 2.13. The lowest BCUT2D eigenvalue weighted by molar-refractivity contribution is 0.469. The molecule has 0 aliphatic rings. The average Bonchev–Trinajstić information content (AvgIpc) is 2.41. The molecule has 0 saturated heterocycles. The quantitative estimate of drug-likeness (QED) is 0.837. The van der Waals surface area contributed by atoms with E-state index in [0.717, 1.165) is 16.1 Å². The van der Waals surface area contributed by atoms with Crippen LogP contribution in [0.15, 0.2) is 48.5 Å². The highest BCUT2D eigenvalue weighted by Crippen LogP contribution is 2.23. The summed E-state index contributed by atoms with van der Waals surface area (Å²) in [5.74, 6) is -0.147. The first kappa shape index (κ1) is 15.0. The Hall–Kier alpha value is -1.38. The Bertz CT molecular complexity index is 570. The van der Waals surface area contributed by atoms with Gasteiger partial charge in [0.15, 0.2) is 0 Å². The third-order valence-electron chi connectivity index (χ3n) is 3.39. The molecular weight excluding hydrogens is 273 g/mol. The van der Waals surface area contributed by atoms with Crippen molar-refractivity contribution in [2.24, 2.45) is 0 Å². The van der Waals surface area contributed by atoms with Gasteiger partial charge in [-0.25, -0.2) is 4.39 Å². The SMILES string of the molecule is CC(Cc1ccccc1F)NC(C)c1ccccc1Cl. The Balaban J connectivity index is 2.00. The zero-order valence-corrected chi connectivity index (χ0v) is 12.5. The maximum Gasteiger partial charge on any atom is 0.126 e. The molecule has 1 N–H and O–H groups in total. The minimum absolute atomic E-state index is 0.130. The number of hydrogen-bond donors (Lipinski definition) is 1. The van der Waals surface area contributed by atoms with Gasteiger partial charge in [-0.15, -0.1) is 0 Å². The van der Waals surface area contributed by atoms with Gasteiger partial charge in [-0.3, -0.25) is 0 Å². The van der Waals surface area contributed by atoms with E-state index in [0.29, 0.717) is 6.42 Å². The van der Waals surface area contributed by atoms with Crippen LogP contribution in [0.3, 0.4) is 0 Å². The molecule has 20 heavy (non-hydrogen) atoms. The second-order valence-electron chi connectivity index (χ2n) is 5.11. The molecule has 1 nitrogen and oxygen atoms in total. The zero-order valence-electron chi connectivity index (χ0n) is 11.7. The molecule has 2 aromatic rings. The lowest BCUT2D eigenvalue weighted by Crippen LogP contribution is -2.31. The molecule has 0 fully saturated rings. The van der Waals surface area contributed by atoms with E-state index in [1.807, 2.05) is 36.4 Å². The Morgan fingerprint density at radius 2 is 1.70 bits per heavy atom. The number of benzene rings is 2. The van der Waals surface area contributed by atoms with Crippen LogP contribution in [0.25, 0.3) is 0 Å². The van der Waals surface area contributed by atoms with Crippen LogP contribution in [0.2, 0.25) is 5.02 Å². The normalized spacial score (nSPS) is 14.0. The van der Waals surface area contributed by atoms with E-state index in [-0.39, 0.29) is 17.9 Å². The van der Waals surface area contributed by atoms with Crippen LogP contribution in [0.4, 0.5) is 4.39 Å². The van der Waals surface area contributed by atoms with Crippen LogP contribution in [-0.2, 0) is 6.42 Å². The second kappa shape index (κ2) is 6.87. The molecule has 2 rings (SSSR count). The fraction of sp³-hybridized carbons (Fsp3) is 0.294. The van der Waals surface area contributed by atoms with Crippen molar-refractivity contribution in [1.29, 1.82) is 0 Å². The maximum atomic E-state index is 13.6. The van der Waals surface area contributed by atoms with Gasteiger partial charge in [0.05, 0.1) is 0 Å². The third-order valence-corrected chi connectivity index (χ3v) is 3.73. The summed E-state index contributed by atoms with van der Waals surface area (Å²) >= 11 is 6.19. The Morgan fingerprint density at radius 3 is 2.40 bits per heavy atom. The van der Waals surface area contributed by atoms with Gasteiger partial charge in [0.25, 0.3) is 0 Å². The van der Waals surface area contributed by atoms with Crippen molar-refractivity contribution in [3.05, 3.63) is 70.5 Å². The molecule has 0 spiro atoms. The van der Waals surface area contributed by atoms with Crippen molar-refractivity contribution in [3.63, 3.8) is 0 Å². The van der Waals surface area contributed by atoms with E-state index in [4.69, 9.17) is 11.6 Å². The van der Waals surface area contributed by atoms with Crippen molar-refractivity contribution in [2.45, 2.75) is 32.4 Å². The van der Waals surface area contributed by atoms with Gasteiger partial charge in [0, 0.05) is 17.1 Å². The number of rotatable bonds is 5. The first-order valence-corrected chi connectivity index (χ1v) is 7.19. The van der Waals surface area contributed by atoms with Gasteiger partial charge in [-0.1, -0.05) is 48.0 Å². The summed E-state index contributed by atoms with van der Waals surface area (Å²) in [4.78, 5) is 0. The topological polar surface area (TPSA) is 12.0 Å². The molecule has 0 bridgehead atoms. The predicted octanol–water partition coefficient (Wildman–Crippen LogP) is 4.76. The number of hydrogen-bond acceptors (Lipinski definition) is 1. The molecule has 0 saturated carbocycles. The number of halogens is 2. The van der Waals surface area contributed by atoms with Gasteiger partial charge in [0.2, 0.25) is 0 Å². The molecule has 2 atom stereocenters. The smallest absolute Gasteiger partial charge is 0.126 e. The van der Waals surface area contributed by atoms with Gasteiger partial charge in [-0.2, -0.15) is 0 Å². The molecule has 2 unspecified atom stereocenters. The van der Waals surface area contributed by atoms with Crippen LogP contribution in [-0.4, -0.2) is 6.04 Å². The molecule has 0 heterocycles. The molecule has 0 amide bonds. The van der Waals surface area contributed by atoms with Crippen LogP contribution < -0.4 is 5.32 Å². The van der Waals surface area contributed by atoms with Crippen LogP contribution in [0, 0.1) is 5.82 Å². The standard InChI is InChI=1S/C17H19ClFN/c1-12(11-14-7-3-6-10-17(14)19)20-13(2)15-8-4-5-9-16(15)18/h3-10,12-13,20H,11H2,1-2H3. The van der Waals surface area contributed by atoms with E-state index >= 15 is 0 Å². The summed E-state index contributed by atoms with van der Waals surface area (Å²) in [5, 5.41) is 4.22. The first-order chi connectivity index (χ1) is 9.58. The molecule has 0 aromatic heterocycles. The second-order valence-corrected chi connectivity index (χ2v) is 5.51. The highest BCUT2D eigenvalue weighted by atomic mass is 35.5. The van der Waals surface area contributed by atoms with Crippen LogP contribution >= 0.6 is 11.6 Å². The maximum absolute atomic E-state index is 13.6. The van der Waals surface area contributed by atoms with Crippen LogP contribution in [0.5, 0.6) is 0 Å². The average molecular weight is 292 g/mol. The Morgan fingerprint density at radius 1 is 1.05 bits per heavy atom. The monoisotopic (exact) mass is 291 g/mol. The summed E-state index contributed by atoms with van der Waals surface area (Å²) in [5.41, 5.74) is 1.80. The lowest BCUT2D eigenvalue weighted by Gasteiger charge is -2.21. The van der Waals surface area contributed by atoms with E-state index in [2.05, 4.69) is 19.2 Å². The fourth-order valence-corrected chi connectivity index (χ4v) is 2.69. The molecule has 0 radical (unpaired) electrons. The van der Waals surface area contributed by atoms with Crippen LogP contribution in [0.1, 0.15) is 31.0 Å². The van der Waals surface area contributed by atoms with Crippen molar-refractivity contribution in [2.75, 3.05) is 0 Å². The van der Waals surface area contributed by atoms with E-state index < -0.39 is 0 Å². The first-order valence-electron chi connectivity index (χ1n) is 6.82. The molecule has 0 aliphatic carbocycles. The third kappa shape index (κ3) is 3.81. The lowest BCUT2D eigenvalue weighted by atomic mass is 10.0. The summed E-state index contributed by atoms with van der Waals surface area (Å²) in [6.07, 6.45) is 0.654. The highest BCUT2D eigenvalue weighted by molar-refractivity contribution is 6.31. The van der Waals surface area contributed by atoms with Crippen molar-refractivity contribution in [3.8, 4) is 0 Å². The van der Waals surface area contributed by atoms with Crippen molar-refractivity contribution < 1.29 is 4.39 Å². The molecule has 3 heteroatoms. The number of nitrogens with one attached hydrogen (secondary N) is 1. The minimum Gasteiger partial charge on any atom is -0.307 e. The Kier molecular flexibility index (Phi) is 5.16. The Labute approximate surface area is 124 Å². The molecule has 106 valence electrons. The summed E-state index contributed by atoms with van der Waals surface area (Å²) in [6.45, 7) is 4.12.